The highest BCUT2D eigenvalue weighted by atomic mass is 16.1. The standard InChI is InChI=1S/C26H22N6O/c1-17-13-15-29-25-22(17)31-24(21-8-5-14-28-23(21)27)32(25)20-11-9-18(10-12-20)16-30-26(33)19-6-3-2-4-7-19/h2-15H,16H2,1H3,(H2,27,28)(H,30,33). The molecule has 0 radical (unpaired) electrons. The lowest BCUT2D eigenvalue weighted by molar-refractivity contribution is 0.0951. The van der Waals surface area contributed by atoms with Gasteiger partial charge in [0.05, 0.1) is 5.56 Å². The minimum absolute atomic E-state index is 0.103. The molecule has 1 amide bonds. The first kappa shape index (κ1) is 20.4. The third-order valence-electron chi connectivity index (χ3n) is 5.51. The van der Waals surface area contributed by atoms with Crippen LogP contribution in [0.5, 0.6) is 0 Å². The van der Waals surface area contributed by atoms with Gasteiger partial charge in [-0.2, -0.15) is 0 Å². The van der Waals surface area contributed by atoms with E-state index in [1.807, 2.05) is 72.2 Å². The molecule has 0 fully saturated rings. The number of nitrogens with one attached hydrogen (secondary N) is 1. The third-order valence-corrected chi connectivity index (χ3v) is 5.51. The molecule has 2 aromatic carbocycles. The van der Waals surface area contributed by atoms with Gasteiger partial charge in [0, 0.05) is 30.2 Å². The Morgan fingerprint density at radius 2 is 1.73 bits per heavy atom. The number of carbonyl (C=O) groups is 1. The van der Waals surface area contributed by atoms with E-state index in [9.17, 15) is 4.79 Å². The van der Waals surface area contributed by atoms with Gasteiger partial charge in [0.1, 0.15) is 11.3 Å². The van der Waals surface area contributed by atoms with E-state index in [0.717, 1.165) is 33.5 Å². The highest BCUT2D eigenvalue weighted by Crippen LogP contribution is 2.31. The van der Waals surface area contributed by atoms with E-state index in [2.05, 4.69) is 15.3 Å². The maximum absolute atomic E-state index is 12.3. The highest BCUT2D eigenvalue weighted by molar-refractivity contribution is 5.94. The predicted octanol–water partition coefficient (Wildman–Crippen LogP) is 4.30. The smallest absolute Gasteiger partial charge is 0.251 e. The zero-order valence-electron chi connectivity index (χ0n) is 18.1. The van der Waals surface area contributed by atoms with Crippen LogP contribution in [0, 0.1) is 6.92 Å². The number of hydrogen-bond acceptors (Lipinski definition) is 5. The fourth-order valence-corrected chi connectivity index (χ4v) is 3.76. The number of hydrogen-bond donors (Lipinski definition) is 2. The van der Waals surface area contributed by atoms with Gasteiger partial charge in [-0.3, -0.25) is 9.36 Å². The molecule has 0 spiro atoms. The number of aromatic nitrogens is 4. The van der Waals surface area contributed by atoms with Crippen LogP contribution in [0.1, 0.15) is 21.5 Å². The van der Waals surface area contributed by atoms with E-state index < -0.39 is 0 Å². The number of aryl methyl sites for hydroxylation is 1. The van der Waals surface area contributed by atoms with Crippen LogP contribution in [-0.2, 0) is 6.54 Å². The molecule has 5 rings (SSSR count). The molecule has 3 aromatic heterocycles. The molecular weight excluding hydrogens is 412 g/mol. The lowest BCUT2D eigenvalue weighted by Crippen LogP contribution is -2.22. The van der Waals surface area contributed by atoms with Crippen molar-refractivity contribution >= 4 is 22.9 Å². The Labute approximate surface area is 191 Å². The zero-order valence-corrected chi connectivity index (χ0v) is 18.1. The summed E-state index contributed by atoms with van der Waals surface area (Å²) in [6, 6.07) is 22.8. The summed E-state index contributed by atoms with van der Waals surface area (Å²) in [5, 5.41) is 2.96. The van der Waals surface area contributed by atoms with E-state index in [1.165, 1.54) is 0 Å². The summed E-state index contributed by atoms with van der Waals surface area (Å²) in [6.07, 6.45) is 3.44. The quantitative estimate of drug-likeness (QED) is 0.430. The summed E-state index contributed by atoms with van der Waals surface area (Å²) < 4.78 is 1.99. The van der Waals surface area contributed by atoms with Crippen LogP contribution >= 0.6 is 0 Å². The fraction of sp³-hybridized carbons (Fsp3) is 0.0769. The second-order valence-electron chi connectivity index (χ2n) is 7.72. The molecule has 162 valence electrons. The van der Waals surface area contributed by atoms with Crippen molar-refractivity contribution in [2.75, 3.05) is 5.73 Å². The van der Waals surface area contributed by atoms with E-state index in [4.69, 9.17) is 10.7 Å². The summed E-state index contributed by atoms with van der Waals surface area (Å²) >= 11 is 0. The molecule has 0 aliphatic rings. The number of benzene rings is 2. The number of pyridine rings is 2. The molecule has 0 saturated heterocycles. The Bertz CT molecular complexity index is 1440. The predicted molar refractivity (Wildman–Crippen MR) is 129 cm³/mol. The average Bonchev–Trinajstić information content (AvgIpc) is 3.24. The Balaban J connectivity index is 1.49. The fourth-order valence-electron chi connectivity index (χ4n) is 3.76. The van der Waals surface area contributed by atoms with E-state index in [-0.39, 0.29) is 5.91 Å². The first-order chi connectivity index (χ1) is 16.1. The lowest BCUT2D eigenvalue weighted by Gasteiger charge is -2.11. The average molecular weight is 435 g/mol. The Kier molecular flexibility index (Phi) is 5.28. The molecule has 0 saturated carbocycles. The molecule has 0 aliphatic heterocycles. The third kappa shape index (κ3) is 3.92. The minimum Gasteiger partial charge on any atom is -0.383 e. The van der Waals surface area contributed by atoms with Gasteiger partial charge < -0.3 is 11.1 Å². The van der Waals surface area contributed by atoms with E-state index >= 15 is 0 Å². The van der Waals surface area contributed by atoms with Crippen molar-refractivity contribution < 1.29 is 4.79 Å². The second-order valence-corrected chi connectivity index (χ2v) is 7.72. The first-order valence-corrected chi connectivity index (χ1v) is 10.6. The summed E-state index contributed by atoms with van der Waals surface area (Å²) in [5.74, 6) is 0.990. The Morgan fingerprint density at radius 3 is 2.48 bits per heavy atom. The summed E-state index contributed by atoms with van der Waals surface area (Å²) in [6.45, 7) is 2.44. The molecule has 0 aliphatic carbocycles. The van der Waals surface area contributed by atoms with Gasteiger partial charge in [-0.05, 0) is 60.5 Å². The number of anilines is 1. The number of rotatable bonds is 5. The number of nitrogens with two attached hydrogens (primary N) is 1. The normalized spacial score (nSPS) is 10.9. The van der Waals surface area contributed by atoms with Gasteiger partial charge in [0.25, 0.3) is 5.91 Å². The van der Waals surface area contributed by atoms with Crippen molar-refractivity contribution in [2.45, 2.75) is 13.5 Å². The minimum atomic E-state index is -0.103. The van der Waals surface area contributed by atoms with Crippen molar-refractivity contribution in [2.24, 2.45) is 0 Å². The van der Waals surface area contributed by atoms with Crippen LogP contribution in [0.25, 0.3) is 28.2 Å². The summed E-state index contributed by atoms with van der Waals surface area (Å²) in [4.78, 5) is 26.0. The SMILES string of the molecule is Cc1ccnc2c1nc(-c1cccnc1N)n2-c1ccc(CNC(=O)c2ccccc2)cc1. The molecular formula is C26H22N6O. The molecule has 5 aromatic rings. The second kappa shape index (κ2) is 8.55. The van der Waals surface area contributed by atoms with Gasteiger partial charge in [0.2, 0.25) is 0 Å². The largest absolute Gasteiger partial charge is 0.383 e. The van der Waals surface area contributed by atoms with Crippen LogP contribution in [0.2, 0.25) is 0 Å². The number of amides is 1. The van der Waals surface area contributed by atoms with Crippen LogP contribution in [-0.4, -0.2) is 25.4 Å². The highest BCUT2D eigenvalue weighted by Gasteiger charge is 2.18. The van der Waals surface area contributed by atoms with Gasteiger partial charge in [-0.25, -0.2) is 15.0 Å². The molecule has 0 unspecified atom stereocenters. The molecule has 7 nitrogen and oxygen atoms in total. The van der Waals surface area contributed by atoms with Crippen molar-refractivity contribution in [3.63, 3.8) is 0 Å². The maximum Gasteiger partial charge on any atom is 0.251 e. The van der Waals surface area contributed by atoms with Gasteiger partial charge >= 0.3 is 0 Å². The van der Waals surface area contributed by atoms with Crippen molar-refractivity contribution in [3.05, 3.63) is 102 Å². The van der Waals surface area contributed by atoms with Crippen molar-refractivity contribution in [1.82, 2.24) is 24.8 Å². The molecule has 0 bridgehead atoms. The molecule has 7 heteroatoms. The molecule has 3 heterocycles. The van der Waals surface area contributed by atoms with E-state index in [0.29, 0.717) is 23.8 Å². The number of imidazole rings is 1. The van der Waals surface area contributed by atoms with Crippen molar-refractivity contribution in [3.8, 4) is 17.1 Å². The number of carbonyl (C=O) groups excluding carboxylic acids is 1. The topological polar surface area (TPSA) is 98.7 Å². The first-order valence-electron chi connectivity index (χ1n) is 10.6. The van der Waals surface area contributed by atoms with Gasteiger partial charge in [-0.15, -0.1) is 0 Å². The van der Waals surface area contributed by atoms with Crippen LogP contribution < -0.4 is 11.1 Å². The van der Waals surface area contributed by atoms with Crippen LogP contribution in [0.15, 0.2) is 85.2 Å². The molecule has 0 atom stereocenters. The van der Waals surface area contributed by atoms with Crippen molar-refractivity contribution in [1.29, 1.82) is 0 Å². The molecule has 33 heavy (non-hydrogen) atoms. The number of fused-ring (bicyclic) bond motifs is 1. The Morgan fingerprint density at radius 1 is 0.939 bits per heavy atom. The maximum atomic E-state index is 12.3. The summed E-state index contributed by atoms with van der Waals surface area (Å²) in [5.41, 5.74) is 12.0. The Hall–Kier alpha value is -4.52. The van der Waals surface area contributed by atoms with Crippen LogP contribution in [0.4, 0.5) is 5.82 Å². The lowest BCUT2D eigenvalue weighted by atomic mass is 10.1. The van der Waals surface area contributed by atoms with Gasteiger partial charge in [-0.1, -0.05) is 30.3 Å². The summed E-state index contributed by atoms with van der Waals surface area (Å²) in [7, 11) is 0. The van der Waals surface area contributed by atoms with E-state index in [1.54, 1.807) is 24.5 Å². The van der Waals surface area contributed by atoms with Gasteiger partial charge in [0.15, 0.2) is 11.5 Å². The molecule has 3 N–H and O–H groups in total. The number of nitrogen functional groups attached to an aromatic ring is 1. The number of nitrogens with zero attached hydrogens (tertiary/aromatic N) is 4. The zero-order chi connectivity index (χ0) is 22.8. The van der Waals surface area contributed by atoms with Crippen LogP contribution in [0.3, 0.4) is 0 Å². The monoisotopic (exact) mass is 434 g/mol.